The predicted molar refractivity (Wildman–Crippen MR) is 52.7 cm³/mol. The zero-order chi connectivity index (χ0) is 8.55. The summed E-state index contributed by atoms with van der Waals surface area (Å²) in [4.78, 5) is 1.21. The monoisotopic (exact) mass is 178 g/mol. The third-order valence-corrected chi connectivity index (χ3v) is 2.61. The molecule has 0 spiro atoms. The molecule has 0 aliphatic rings. The molecule has 1 nitrogen and oxygen atoms in total. The second-order valence-electron chi connectivity index (χ2n) is 2.74. The Kier molecular flexibility index (Phi) is 1.85. The summed E-state index contributed by atoms with van der Waals surface area (Å²) in [7, 11) is 0. The lowest BCUT2D eigenvalue weighted by Gasteiger charge is -1.95. The third kappa shape index (κ3) is 1.12. The number of fused-ring (bicyclic) bond motifs is 1. The van der Waals surface area contributed by atoms with Crippen LogP contribution in [-0.4, -0.2) is 6.26 Å². The molecule has 1 aromatic carbocycles. The number of hydrogen-bond donors (Lipinski definition) is 0. The van der Waals surface area contributed by atoms with E-state index in [9.17, 15) is 0 Å². The summed E-state index contributed by atoms with van der Waals surface area (Å²) in [6, 6.07) is 8.28. The average molecular weight is 178 g/mol. The fourth-order valence-corrected chi connectivity index (χ4v) is 1.89. The molecule has 0 unspecified atom stereocenters. The van der Waals surface area contributed by atoms with Gasteiger partial charge in [-0.05, 0) is 25.3 Å². The van der Waals surface area contributed by atoms with Crippen molar-refractivity contribution in [2.45, 2.75) is 11.8 Å². The van der Waals surface area contributed by atoms with Gasteiger partial charge in [0.1, 0.15) is 11.3 Å². The van der Waals surface area contributed by atoms with E-state index in [4.69, 9.17) is 4.42 Å². The van der Waals surface area contributed by atoms with Crippen LogP contribution in [-0.2, 0) is 0 Å². The Hall–Kier alpha value is -0.890. The van der Waals surface area contributed by atoms with Crippen molar-refractivity contribution in [3.05, 3.63) is 30.0 Å². The molecule has 0 radical (unpaired) electrons. The molecule has 0 atom stereocenters. The molecule has 1 aromatic heterocycles. The maximum absolute atomic E-state index is 5.57. The Morgan fingerprint density at radius 3 is 2.92 bits per heavy atom. The van der Waals surface area contributed by atoms with Crippen molar-refractivity contribution in [3.63, 3.8) is 0 Å². The van der Waals surface area contributed by atoms with Crippen LogP contribution < -0.4 is 0 Å². The minimum atomic E-state index is 0.978. The van der Waals surface area contributed by atoms with E-state index in [0.717, 1.165) is 11.3 Å². The van der Waals surface area contributed by atoms with Crippen LogP contribution in [0.3, 0.4) is 0 Å². The number of benzene rings is 1. The van der Waals surface area contributed by atoms with Gasteiger partial charge in [-0.2, -0.15) is 0 Å². The van der Waals surface area contributed by atoms with Crippen molar-refractivity contribution in [1.29, 1.82) is 0 Å². The van der Waals surface area contributed by atoms with Crippen LogP contribution in [0.4, 0.5) is 0 Å². The van der Waals surface area contributed by atoms with Crippen molar-refractivity contribution in [2.75, 3.05) is 6.26 Å². The molecular weight excluding hydrogens is 168 g/mol. The fourth-order valence-electron chi connectivity index (χ4n) is 1.33. The first-order valence-corrected chi connectivity index (χ1v) is 5.07. The third-order valence-electron chi connectivity index (χ3n) is 1.85. The maximum Gasteiger partial charge on any atom is 0.147 e. The SMILES string of the molecule is CSc1cccc2cc(C)oc12. The summed E-state index contributed by atoms with van der Waals surface area (Å²) < 4.78 is 5.57. The lowest BCUT2D eigenvalue weighted by Crippen LogP contribution is -1.69. The quantitative estimate of drug-likeness (QED) is 0.620. The van der Waals surface area contributed by atoms with Gasteiger partial charge < -0.3 is 4.42 Å². The Bertz CT molecular complexity index is 403. The molecular formula is C10H10OS. The van der Waals surface area contributed by atoms with Crippen LogP contribution in [0, 0.1) is 6.92 Å². The smallest absolute Gasteiger partial charge is 0.147 e. The number of thioether (sulfide) groups is 1. The Balaban J connectivity index is 2.78. The van der Waals surface area contributed by atoms with Crippen molar-refractivity contribution < 1.29 is 4.42 Å². The van der Waals surface area contributed by atoms with Gasteiger partial charge in [-0.25, -0.2) is 0 Å². The number of para-hydroxylation sites is 1. The van der Waals surface area contributed by atoms with E-state index in [1.54, 1.807) is 11.8 Å². The first-order chi connectivity index (χ1) is 5.81. The minimum Gasteiger partial charge on any atom is -0.460 e. The summed E-state index contributed by atoms with van der Waals surface area (Å²) in [6.07, 6.45) is 2.06. The molecule has 2 aromatic rings. The van der Waals surface area contributed by atoms with Crippen LogP contribution in [0.1, 0.15) is 5.76 Å². The molecule has 0 bridgehead atoms. The van der Waals surface area contributed by atoms with Gasteiger partial charge in [0, 0.05) is 5.39 Å². The van der Waals surface area contributed by atoms with E-state index in [2.05, 4.69) is 30.5 Å². The summed E-state index contributed by atoms with van der Waals surface area (Å²) in [6.45, 7) is 1.98. The second-order valence-corrected chi connectivity index (χ2v) is 3.58. The molecule has 0 fully saturated rings. The van der Waals surface area contributed by atoms with E-state index in [-0.39, 0.29) is 0 Å². The van der Waals surface area contributed by atoms with Crippen LogP contribution >= 0.6 is 11.8 Å². The molecule has 0 amide bonds. The number of aryl methyl sites for hydroxylation is 1. The van der Waals surface area contributed by atoms with Gasteiger partial charge in [0.15, 0.2) is 0 Å². The lowest BCUT2D eigenvalue weighted by atomic mass is 10.2. The summed E-state index contributed by atoms with van der Waals surface area (Å²) in [5.74, 6) is 0.978. The topological polar surface area (TPSA) is 13.1 Å². The predicted octanol–water partition coefficient (Wildman–Crippen LogP) is 3.46. The molecule has 1 heterocycles. The largest absolute Gasteiger partial charge is 0.460 e. The summed E-state index contributed by atoms with van der Waals surface area (Å²) >= 11 is 1.72. The number of rotatable bonds is 1. The Labute approximate surface area is 75.8 Å². The van der Waals surface area contributed by atoms with Gasteiger partial charge >= 0.3 is 0 Å². The van der Waals surface area contributed by atoms with Gasteiger partial charge in [0.25, 0.3) is 0 Å². The molecule has 62 valence electrons. The molecule has 2 rings (SSSR count). The first kappa shape index (κ1) is 7.74. The van der Waals surface area contributed by atoms with Crippen molar-refractivity contribution in [3.8, 4) is 0 Å². The lowest BCUT2D eigenvalue weighted by molar-refractivity contribution is 0.572. The number of hydrogen-bond acceptors (Lipinski definition) is 2. The first-order valence-electron chi connectivity index (χ1n) is 3.84. The maximum atomic E-state index is 5.57. The molecule has 0 N–H and O–H groups in total. The van der Waals surface area contributed by atoms with Crippen molar-refractivity contribution >= 4 is 22.7 Å². The van der Waals surface area contributed by atoms with Crippen LogP contribution in [0.25, 0.3) is 11.0 Å². The van der Waals surface area contributed by atoms with Gasteiger partial charge in [-0.1, -0.05) is 12.1 Å². The molecule has 2 heteroatoms. The summed E-state index contributed by atoms with van der Waals surface area (Å²) in [5, 5.41) is 1.19. The number of furan rings is 1. The van der Waals surface area contributed by atoms with Gasteiger partial charge in [-0.3, -0.25) is 0 Å². The molecule has 0 aliphatic heterocycles. The second kappa shape index (κ2) is 2.87. The average Bonchev–Trinajstić information content (AvgIpc) is 2.44. The highest BCUT2D eigenvalue weighted by molar-refractivity contribution is 7.98. The Morgan fingerprint density at radius 1 is 1.33 bits per heavy atom. The van der Waals surface area contributed by atoms with Gasteiger partial charge in [0.2, 0.25) is 0 Å². The normalized spacial score (nSPS) is 10.8. The van der Waals surface area contributed by atoms with E-state index in [1.165, 1.54) is 10.3 Å². The minimum absolute atomic E-state index is 0.978. The van der Waals surface area contributed by atoms with E-state index in [1.807, 2.05) is 6.92 Å². The molecule has 12 heavy (non-hydrogen) atoms. The van der Waals surface area contributed by atoms with E-state index < -0.39 is 0 Å². The summed E-state index contributed by atoms with van der Waals surface area (Å²) in [5.41, 5.74) is 1.02. The molecule has 0 saturated carbocycles. The highest BCUT2D eigenvalue weighted by Crippen LogP contribution is 2.28. The zero-order valence-electron chi connectivity index (χ0n) is 7.13. The highest BCUT2D eigenvalue weighted by Gasteiger charge is 2.03. The highest BCUT2D eigenvalue weighted by atomic mass is 32.2. The Morgan fingerprint density at radius 2 is 2.17 bits per heavy atom. The molecule has 0 aliphatic carbocycles. The van der Waals surface area contributed by atoms with Gasteiger partial charge in [0.05, 0.1) is 4.90 Å². The van der Waals surface area contributed by atoms with Crippen molar-refractivity contribution in [2.24, 2.45) is 0 Å². The van der Waals surface area contributed by atoms with Crippen molar-refractivity contribution in [1.82, 2.24) is 0 Å². The van der Waals surface area contributed by atoms with Crippen LogP contribution in [0.5, 0.6) is 0 Å². The molecule has 0 saturated heterocycles. The fraction of sp³-hybridized carbons (Fsp3) is 0.200. The van der Waals surface area contributed by atoms with Crippen LogP contribution in [0.15, 0.2) is 33.6 Å². The van der Waals surface area contributed by atoms with Crippen LogP contribution in [0.2, 0.25) is 0 Å². The van der Waals surface area contributed by atoms with E-state index in [0.29, 0.717) is 0 Å². The van der Waals surface area contributed by atoms with E-state index >= 15 is 0 Å². The zero-order valence-corrected chi connectivity index (χ0v) is 7.94. The standard InChI is InChI=1S/C10H10OS/c1-7-6-8-4-3-5-9(12-2)10(8)11-7/h3-6H,1-2H3. The van der Waals surface area contributed by atoms with Gasteiger partial charge in [-0.15, -0.1) is 11.8 Å².